The molecule has 0 saturated heterocycles. The fourth-order valence-corrected chi connectivity index (χ4v) is 3.09. The lowest BCUT2D eigenvalue weighted by molar-refractivity contribution is 0.131. The summed E-state index contributed by atoms with van der Waals surface area (Å²) >= 11 is 11.7. The summed E-state index contributed by atoms with van der Waals surface area (Å²) in [5.41, 5.74) is 0. The van der Waals surface area contributed by atoms with Gasteiger partial charge >= 0.3 is 0 Å². The van der Waals surface area contributed by atoms with Crippen LogP contribution in [-0.2, 0) is 13.8 Å². The Hall–Kier alpha value is -0.200. The van der Waals surface area contributed by atoms with Crippen molar-refractivity contribution in [3.8, 4) is 5.75 Å². The third-order valence-electron chi connectivity index (χ3n) is 2.14. The second-order valence-corrected chi connectivity index (χ2v) is 6.90. The van der Waals surface area contributed by atoms with Crippen LogP contribution in [0.15, 0.2) is 17.0 Å². The summed E-state index contributed by atoms with van der Waals surface area (Å²) in [6.07, 6.45) is 0.692. The second-order valence-electron chi connectivity index (χ2n) is 3.55. The zero-order valence-electron chi connectivity index (χ0n) is 10.2. The predicted octanol–water partition coefficient (Wildman–Crippen LogP) is 3.73. The molecular formula is C11H13Cl3O4S. The summed E-state index contributed by atoms with van der Waals surface area (Å²) in [5, 5.41) is 0.110. The third kappa shape index (κ3) is 5.36. The Kier molecular flexibility index (Phi) is 6.69. The summed E-state index contributed by atoms with van der Waals surface area (Å²) in [6, 6.07) is 2.50. The van der Waals surface area contributed by atoms with E-state index in [4.69, 9.17) is 43.4 Å². The van der Waals surface area contributed by atoms with Gasteiger partial charge in [-0.3, -0.25) is 0 Å². The molecule has 0 N–H and O–H groups in total. The first kappa shape index (κ1) is 16.9. The highest BCUT2D eigenvalue weighted by Crippen LogP contribution is 2.34. The lowest BCUT2D eigenvalue weighted by Gasteiger charge is -2.10. The first-order chi connectivity index (χ1) is 8.86. The number of hydrogen-bond donors (Lipinski definition) is 0. The molecule has 4 nitrogen and oxygen atoms in total. The second kappa shape index (κ2) is 7.55. The van der Waals surface area contributed by atoms with Crippen molar-refractivity contribution < 1.29 is 17.9 Å². The lowest BCUT2D eigenvalue weighted by Crippen LogP contribution is -2.03. The van der Waals surface area contributed by atoms with E-state index in [1.807, 2.05) is 6.92 Å². The lowest BCUT2D eigenvalue weighted by atomic mass is 10.3. The van der Waals surface area contributed by atoms with Crippen molar-refractivity contribution in [1.29, 1.82) is 0 Å². The molecule has 0 bridgehead atoms. The van der Waals surface area contributed by atoms with E-state index in [1.54, 1.807) is 0 Å². The Balaban J connectivity index is 2.74. The van der Waals surface area contributed by atoms with Gasteiger partial charge in [0.1, 0.15) is 10.6 Å². The van der Waals surface area contributed by atoms with Crippen molar-refractivity contribution in [2.75, 3.05) is 19.8 Å². The van der Waals surface area contributed by atoms with Gasteiger partial charge in [-0.1, -0.05) is 23.2 Å². The zero-order chi connectivity index (χ0) is 14.5. The van der Waals surface area contributed by atoms with Crippen LogP contribution in [0, 0.1) is 0 Å². The van der Waals surface area contributed by atoms with E-state index in [0.717, 1.165) is 0 Å². The van der Waals surface area contributed by atoms with Crippen LogP contribution in [0.3, 0.4) is 0 Å². The van der Waals surface area contributed by atoms with Crippen LogP contribution < -0.4 is 4.74 Å². The maximum Gasteiger partial charge on any atom is 0.262 e. The smallest absolute Gasteiger partial charge is 0.262 e. The minimum absolute atomic E-state index is 0.0285. The summed E-state index contributed by atoms with van der Waals surface area (Å²) < 4.78 is 33.0. The molecular weight excluding hydrogens is 335 g/mol. The normalized spacial score (nSPS) is 11.6. The van der Waals surface area contributed by atoms with Crippen molar-refractivity contribution in [2.24, 2.45) is 0 Å². The Morgan fingerprint density at radius 1 is 1.16 bits per heavy atom. The monoisotopic (exact) mass is 346 g/mol. The topological polar surface area (TPSA) is 52.6 Å². The molecule has 1 aromatic carbocycles. The number of halogens is 3. The standard InChI is InChI=1S/C11H13Cl3O4S/c1-2-17-4-3-5-18-10-6-9(13)11(7-8(10)12)19(14,15)16/h6-7H,2-5H2,1H3. The molecule has 0 unspecified atom stereocenters. The molecule has 0 aromatic heterocycles. The zero-order valence-corrected chi connectivity index (χ0v) is 13.2. The molecule has 0 spiro atoms. The van der Waals surface area contributed by atoms with Crippen molar-refractivity contribution in [3.63, 3.8) is 0 Å². The van der Waals surface area contributed by atoms with E-state index in [9.17, 15) is 8.42 Å². The molecule has 0 amide bonds. The fourth-order valence-electron chi connectivity index (χ4n) is 1.30. The van der Waals surface area contributed by atoms with E-state index in [2.05, 4.69) is 0 Å². The fraction of sp³-hybridized carbons (Fsp3) is 0.455. The van der Waals surface area contributed by atoms with Gasteiger partial charge in [-0.25, -0.2) is 8.42 Å². The SMILES string of the molecule is CCOCCCOc1cc(Cl)c(S(=O)(=O)Cl)cc1Cl. The van der Waals surface area contributed by atoms with E-state index in [-0.39, 0.29) is 14.9 Å². The van der Waals surface area contributed by atoms with Crippen LogP contribution in [0.25, 0.3) is 0 Å². The van der Waals surface area contributed by atoms with Gasteiger partial charge in [0.05, 0.1) is 16.7 Å². The van der Waals surface area contributed by atoms with E-state index >= 15 is 0 Å². The first-order valence-electron chi connectivity index (χ1n) is 5.50. The molecule has 108 valence electrons. The third-order valence-corrected chi connectivity index (χ3v) is 4.23. The first-order valence-corrected chi connectivity index (χ1v) is 8.57. The molecule has 0 fully saturated rings. The van der Waals surface area contributed by atoms with Gasteiger partial charge in [0.25, 0.3) is 9.05 Å². The molecule has 0 heterocycles. The number of ether oxygens (including phenoxy) is 2. The van der Waals surface area contributed by atoms with Gasteiger partial charge in [-0.2, -0.15) is 0 Å². The van der Waals surface area contributed by atoms with Crippen molar-refractivity contribution in [3.05, 3.63) is 22.2 Å². The van der Waals surface area contributed by atoms with Crippen LogP contribution in [0.5, 0.6) is 5.75 Å². The van der Waals surface area contributed by atoms with E-state index < -0.39 is 9.05 Å². The molecule has 0 atom stereocenters. The van der Waals surface area contributed by atoms with Crippen molar-refractivity contribution >= 4 is 42.9 Å². The highest BCUT2D eigenvalue weighted by molar-refractivity contribution is 8.13. The minimum Gasteiger partial charge on any atom is -0.492 e. The van der Waals surface area contributed by atoms with Gasteiger partial charge < -0.3 is 9.47 Å². The van der Waals surface area contributed by atoms with Gasteiger partial charge in [0.15, 0.2) is 0 Å². The minimum atomic E-state index is -3.92. The van der Waals surface area contributed by atoms with Crippen LogP contribution in [0.4, 0.5) is 0 Å². The van der Waals surface area contributed by atoms with Crippen LogP contribution >= 0.6 is 33.9 Å². The van der Waals surface area contributed by atoms with E-state index in [0.29, 0.717) is 32.0 Å². The molecule has 0 saturated carbocycles. The quantitative estimate of drug-likeness (QED) is 0.557. The number of rotatable bonds is 7. The van der Waals surface area contributed by atoms with Gasteiger partial charge in [0, 0.05) is 36.4 Å². The van der Waals surface area contributed by atoms with Crippen LogP contribution in [-0.4, -0.2) is 28.2 Å². The van der Waals surface area contributed by atoms with Crippen molar-refractivity contribution in [2.45, 2.75) is 18.2 Å². The Morgan fingerprint density at radius 2 is 1.84 bits per heavy atom. The highest BCUT2D eigenvalue weighted by atomic mass is 35.7. The average molecular weight is 348 g/mol. The number of hydrogen-bond acceptors (Lipinski definition) is 4. The molecule has 19 heavy (non-hydrogen) atoms. The molecule has 0 aliphatic heterocycles. The molecule has 8 heteroatoms. The maximum atomic E-state index is 11.2. The largest absolute Gasteiger partial charge is 0.492 e. The van der Waals surface area contributed by atoms with Crippen LogP contribution in [0.1, 0.15) is 13.3 Å². The maximum absolute atomic E-state index is 11.2. The highest BCUT2D eigenvalue weighted by Gasteiger charge is 2.18. The average Bonchev–Trinajstić information content (AvgIpc) is 2.31. The summed E-state index contributed by atoms with van der Waals surface area (Å²) in [4.78, 5) is -0.234. The molecule has 0 aliphatic rings. The molecule has 0 aliphatic carbocycles. The van der Waals surface area contributed by atoms with Crippen LogP contribution in [0.2, 0.25) is 10.0 Å². The predicted molar refractivity (Wildman–Crippen MR) is 76.1 cm³/mol. The van der Waals surface area contributed by atoms with Gasteiger partial charge in [-0.05, 0) is 13.0 Å². The number of benzene rings is 1. The Morgan fingerprint density at radius 3 is 2.42 bits per heavy atom. The molecule has 1 aromatic rings. The van der Waals surface area contributed by atoms with Gasteiger partial charge in [0.2, 0.25) is 0 Å². The summed E-state index contributed by atoms with van der Waals surface area (Å²) in [6.45, 7) is 3.52. The molecule has 0 radical (unpaired) electrons. The van der Waals surface area contributed by atoms with Gasteiger partial charge in [-0.15, -0.1) is 0 Å². The summed E-state index contributed by atoms with van der Waals surface area (Å²) in [7, 11) is 1.30. The Bertz CT molecular complexity index is 531. The summed E-state index contributed by atoms with van der Waals surface area (Å²) in [5.74, 6) is 0.312. The Labute approximate surface area is 127 Å². The molecule has 1 rings (SSSR count). The van der Waals surface area contributed by atoms with Crippen molar-refractivity contribution in [1.82, 2.24) is 0 Å². The van der Waals surface area contributed by atoms with E-state index in [1.165, 1.54) is 12.1 Å².